The lowest BCUT2D eigenvalue weighted by molar-refractivity contribution is 0.279. The summed E-state index contributed by atoms with van der Waals surface area (Å²) in [4.78, 5) is 2.14. The summed E-state index contributed by atoms with van der Waals surface area (Å²) < 4.78 is 5.85. The number of nitrogens with zero attached hydrogens (tertiary/aromatic N) is 1. The minimum Gasteiger partial charge on any atom is -0.492 e. The van der Waals surface area contributed by atoms with Crippen molar-refractivity contribution in [3.05, 3.63) is 27.7 Å². The Morgan fingerprint density at radius 2 is 2.00 bits per heavy atom. The largest absolute Gasteiger partial charge is 0.492 e. The molecule has 114 valence electrons. The van der Waals surface area contributed by atoms with Crippen molar-refractivity contribution in [3.8, 4) is 5.75 Å². The average molecular weight is 319 g/mol. The van der Waals surface area contributed by atoms with Crippen LogP contribution in [-0.2, 0) is 6.54 Å². The van der Waals surface area contributed by atoms with Crippen LogP contribution >= 0.6 is 23.2 Å². The van der Waals surface area contributed by atoms with E-state index in [1.54, 1.807) is 6.07 Å². The first kappa shape index (κ1) is 17.6. The topological polar surface area (TPSA) is 24.5 Å². The first-order chi connectivity index (χ1) is 9.54. The third kappa shape index (κ3) is 6.31. The highest BCUT2D eigenvalue weighted by molar-refractivity contribution is 6.35. The molecule has 20 heavy (non-hydrogen) atoms. The van der Waals surface area contributed by atoms with Crippen LogP contribution in [0.5, 0.6) is 5.75 Å². The first-order valence-corrected chi connectivity index (χ1v) is 7.76. The number of nitrogens with one attached hydrogen (secondary N) is 1. The fourth-order valence-electron chi connectivity index (χ4n) is 1.86. The lowest BCUT2D eigenvalue weighted by atomic mass is 10.2. The van der Waals surface area contributed by atoms with Crippen LogP contribution < -0.4 is 10.1 Å². The van der Waals surface area contributed by atoms with Gasteiger partial charge in [0.1, 0.15) is 5.75 Å². The van der Waals surface area contributed by atoms with Gasteiger partial charge in [-0.1, -0.05) is 30.1 Å². The summed E-state index contributed by atoms with van der Waals surface area (Å²) in [5.41, 5.74) is 1.01. The highest BCUT2D eigenvalue weighted by Gasteiger charge is 2.10. The Morgan fingerprint density at radius 1 is 1.25 bits per heavy atom. The van der Waals surface area contributed by atoms with E-state index in [1.807, 2.05) is 6.07 Å². The Hall–Kier alpha value is -0.480. The minimum absolute atomic E-state index is 0.579. The van der Waals surface area contributed by atoms with Gasteiger partial charge in [-0.15, -0.1) is 0 Å². The minimum atomic E-state index is 0.579. The number of ether oxygens (including phenoxy) is 1. The van der Waals surface area contributed by atoms with Crippen molar-refractivity contribution in [2.75, 3.05) is 33.8 Å². The van der Waals surface area contributed by atoms with Crippen molar-refractivity contribution in [1.29, 1.82) is 0 Å². The maximum absolute atomic E-state index is 6.24. The van der Waals surface area contributed by atoms with Gasteiger partial charge in [-0.05, 0) is 45.6 Å². The number of halogens is 2. The predicted molar refractivity (Wildman–Crippen MR) is 87.1 cm³/mol. The lowest BCUT2D eigenvalue weighted by Crippen LogP contribution is -2.17. The molecule has 1 aromatic carbocycles. The molecule has 0 aromatic heterocycles. The van der Waals surface area contributed by atoms with Gasteiger partial charge in [0.05, 0.1) is 11.6 Å². The van der Waals surface area contributed by atoms with Crippen LogP contribution in [0.2, 0.25) is 10.0 Å². The first-order valence-electron chi connectivity index (χ1n) is 7.00. The average Bonchev–Trinajstić information content (AvgIpc) is 2.36. The molecular formula is C15H24Cl2N2O. The Balaban J connectivity index is 2.65. The molecule has 0 heterocycles. The highest BCUT2D eigenvalue weighted by Crippen LogP contribution is 2.32. The van der Waals surface area contributed by atoms with Crippen molar-refractivity contribution in [3.63, 3.8) is 0 Å². The summed E-state index contributed by atoms with van der Waals surface area (Å²) in [7, 11) is 4.10. The molecule has 0 fully saturated rings. The van der Waals surface area contributed by atoms with Crippen molar-refractivity contribution in [2.24, 2.45) is 0 Å². The smallest absolute Gasteiger partial charge is 0.142 e. The lowest BCUT2D eigenvalue weighted by Gasteiger charge is -2.15. The number of benzene rings is 1. The van der Waals surface area contributed by atoms with Crippen LogP contribution in [0.1, 0.15) is 25.3 Å². The third-order valence-corrected chi connectivity index (χ3v) is 3.32. The number of rotatable bonds is 9. The molecule has 0 unspecified atom stereocenters. The summed E-state index contributed by atoms with van der Waals surface area (Å²) in [5.74, 6) is 0.749. The Morgan fingerprint density at radius 3 is 2.65 bits per heavy atom. The second-order valence-corrected chi connectivity index (χ2v) is 5.90. The molecule has 1 rings (SSSR count). The quantitative estimate of drug-likeness (QED) is 0.700. The zero-order valence-corrected chi connectivity index (χ0v) is 14.0. The molecule has 1 aromatic rings. The highest BCUT2D eigenvalue weighted by atomic mass is 35.5. The molecule has 1 N–H and O–H groups in total. The molecule has 0 bridgehead atoms. The van der Waals surface area contributed by atoms with E-state index < -0.39 is 0 Å². The van der Waals surface area contributed by atoms with Crippen LogP contribution in [0.4, 0.5) is 0 Å². The predicted octanol–water partition coefficient (Wildman–Crippen LogP) is 3.82. The van der Waals surface area contributed by atoms with Gasteiger partial charge in [-0.25, -0.2) is 0 Å². The van der Waals surface area contributed by atoms with Gasteiger partial charge in [0, 0.05) is 23.7 Å². The van der Waals surface area contributed by atoms with Gasteiger partial charge in [-0.3, -0.25) is 0 Å². The summed E-state index contributed by atoms with van der Waals surface area (Å²) in [6.07, 6.45) is 2.06. The van der Waals surface area contributed by atoms with Crippen LogP contribution in [0, 0.1) is 0 Å². The molecule has 0 aliphatic carbocycles. The summed E-state index contributed by atoms with van der Waals surface area (Å²) >= 11 is 12.3. The molecule has 0 aliphatic heterocycles. The van der Waals surface area contributed by atoms with E-state index >= 15 is 0 Å². The van der Waals surface area contributed by atoms with Crippen LogP contribution in [-0.4, -0.2) is 38.7 Å². The molecule has 0 aliphatic rings. The maximum Gasteiger partial charge on any atom is 0.142 e. The Labute approximate surface area is 132 Å². The summed E-state index contributed by atoms with van der Waals surface area (Å²) in [5, 5.41) is 4.57. The van der Waals surface area contributed by atoms with E-state index in [1.165, 1.54) is 0 Å². The van der Waals surface area contributed by atoms with E-state index in [2.05, 4.69) is 31.2 Å². The van der Waals surface area contributed by atoms with Crippen LogP contribution in [0.25, 0.3) is 0 Å². The molecule has 0 radical (unpaired) electrons. The normalized spacial score (nSPS) is 11.1. The van der Waals surface area contributed by atoms with Crippen LogP contribution in [0.3, 0.4) is 0 Å². The molecule has 0 saturated heterocycles. The fraction of sp³-hybridized carbons (Fsp3) is 0.600. The van der Waals surface area contributed by atoms with E-state index in [0.29, 0.717) is 16.7 Å². The van der Waals surface area contributed by atoms with Crippen molar-refractivity contribution in [2.45, 2.75) is 26.3 Å². The monoisotopic (exact) mass is 318 g/mol. The number of hydrogen-bond acceptors (Lipinski definition) is 3. The SMILES string of the molecule is CCCNCc1cc(Cl)cc(Cl)c1OCCCN(C)C. The second kappa shape index (κ2) is 9.46. The molecule has 5 heteroatoms. The van der Waals surface area contributed by atoms with E-state index in [4.69, 9.17) is 27.9 Å². The second-order valence-electron chi connectivity index (χ2n) is 5.06. The van der Waals surface area contributed by atoms with Gasteiger partial charge < -0.3 is 15.0 Å². The molecule has 0 spiro atoms. The molecular weight excluding hydrogens is 295 g/mol. The zero-order chi connectivity index (χ0) is 15.0. The summed E-state index contributed by atoms with van der Waals surface area (Å²) in [6.45, 7) is 5.47. The molecule has 0 atom stereocenters. The fourth-order valence-corrected chi connectivity index (χ4v) is 2.45. The van der Waals surface area contributed by atoms with Gasteiger partial charge >= 0.3 is 0 Å². The van der Waals surface area contributed by atoms with Crippen molar-refractivity contribution >= 4 is 23.2 Å². The van der Waals surface area contributed by atoms with Gasteiger partial charge in [0.25, 0.3) is 0 Å². The van der Waals surface area contributed by atoms with Gasteiger partial charge in [0.2, 0.25) is 0 Å². The van der Waals surface area contributed by atoms with E-state index in [-0.39, 0.29) is 0 Å². The molecule has 0 saturated carbocycles. The Bertz CT molecular complexity index is 411. The van der Waals surface area contributed by atoms with E-state index in [9.17, 15) is 0 Å². The third-order valence-electron chi connectivity index (χ3n) is 2.82. The summed E-state index contributed by atoms with van der Waals surface area (Å²) in [6, 6.07) is 3.64. The number of hydrogen-bond donors (Lipinski definition) is 1. The Kier molecular flexibility index (Phi) is 8.31. The van der Waals surface area contributed by atoms with Gasteiger partial charge in [0.15, 0.2) is 0 Å². The maximum atomic E-state index is 6.24. The van der Waals surface area contributed by atoms with Crippen molar-refractivity contribution < 1.29 is 4.74 Å². The zero-order valence-electron chi connectivity index (χ0n) is 12.5. The molecule has 0 amide bonds. The van der Waals surface area contributed by atoms with Gasteiger partial charge in [-0.2, -0.15) is 0 Å². The van der Waals surface area contributed by atoms with Crippen molar-refractivity contribution in [1.82, 2.24) is 10.2 Å². The molecule has 3 nitrogen and oxygen atoms in total. The van der Waals surface area contributed by atoms with E-state index in [0.717, 1.165) is 43.8 Å². The van der Waals surface area contributed by atoms with Crippen LogP contribution in [0.15, 0.2) is 12.1 Å². The standard InChI is InChI=1S/C15H24Cl2N2O/c1-4-6-18-11-12-9-13(16)10-14(17)15(12)20-8-5-7-19(2)3/h9-10,18H,4-8,11H2,1-3H3.